The zero-order valence-electron chi connectivity index (χ0n) is 15.9. The van der Waals surface area contributed by atoms with E-state index in [9.17, 15) is 0 Å². The quantitative estimate of drug-likeness (QED) is 0.225. The van der Waals surface area contributed by atoms with Crippen molar-refractivity contribution in [3.63, 3.8) is 0 Å². The Bertz CT molecular complexity index is 1650. The van der Waals surface area contributed by atoms with Crippen LogP contribution in [0.5, 0.6) is 0 Å². The minimum Gasteiger partial charge on any atom is -0.200 e. The fraction of sp³-hybridized carbons (Fsp3) is 0.0800. The molecule has 0 radical (unpaired) electrons. The summed E-state index contributed by atoms with van der Waals surface area (Å²) in [5.74, 6) is 0. The molecular weight excluding hydrogens is 410 g/mol. The second-order valence-electron chi connectivity index (χ2n) is 7.74. The van der Waals surface area contributed by atoms with Gasteiger partial charge in [-0.05, 0) is 52.9 Å². The van der Waals surface area contributed by atoms with Crippen LogP contribution in [0.1, 0.15) is 5.56 Å². The number of benzene rings is 3. The van der Waals surface area contributed by atoms with Crippen molar-refractivity contribution in [2.45, 2.75) is 16.7 Å². The number of nitrogens with zero attached hydrogens (tertiary/aromatic N) is 1. The zero-order valence-corrected chi connectivity index (χ0v) is 18.4. The number of fused-ring (bicyclic) bond motifs is 7. The summed E-state index contributed by atoms with van der Waals surface area (Å²) in [6, 6.07) is 18.1. The molecule has 4 heterocycles. The van der Waals surface area contributed by atoms with Gasteiger partial charge in [0.15, 0.2) is 6.20 Å². The number of pyridine rings is 1. The molecule has 0 spiro atoms. The normalized spacial score (nSPS) is 13.0. The van der Waals surface area contributed by atoms with Crippen LogP contribution in [0.2, 0.25) is 0 Å². The van der Waals surface area contributed by atoms with Crippen LogP contribution in [0.15, 0.2) is 69.9 Å². The van der Waals surface area contributed by atoms with E-state index >= 15 is 0 Å². The maximum Gasteiger partial charge on any atom is 0.222 e. The second kappa shape index (κ2) is 5.60. The Balaban J connectivity index is 1.73. The van der Waals surface area contributed by atoms with Crippen molar-refractivity contribution in [2.24, 2.45) is 7.05 Å². The lowest BCUT2D eigenvalue weighted by atomic mass is 9.96. The first-order valence-corrected chi connectivity index (χ1v) is 12.2. The van der Waals surface area contributed by atoms with Gasteiger partial charge in [0.2, 0.25) is 5.69 Å². The third kappa shape index (κ3) is 2.04. The lowest BCUT2D eigenvalue weighted by molar-refractivity contribution is -0.659. The first kappa shape index (κ1) is 16.4. The van der Waals surface area contributed by atoms with E-state index in [2.05, 4.69) is 78.6 Å². The molecule has 3 aromatic heterocycles. The Morgan fingerprint density at radius 2 is 1.79 bits per heavy atom. The second-order valence-corrected chi connectivity index (χ2v) is 10.8. The Morgan fingerprint density at radius 3 is 2.72 bits per heavy atom. The van der Waals surface area contributed by atoms with Gasteiger partial charge in [-0.3, -0.25) is 0 Å². The molecule has 7 rings (SSSR count). The Morgan fingerprint density at radius 1 is 0.897 bits per heavy atom. The molecule has 0 unspecified atom stereocenters. The van der Waals surface area contributed by atoms with Gasteiger partial charge in [-0.15, -0.1) is 22.7 Å². The first-order chi connectivity index (χ1) is 14.2. The summed E-state index contributed by atoms with van der Waals surface area (Å²) in [6.07, 6.45) is 2.22. The summed E-state index contributed by atoms with van der Waals surface area (Å²) >= 11 is 5.75. The van der Waals surface area contributed by atoms with Crippen molar-refractivity contribution < 1.29 is 4.57 Å². The molecule has 1 aliphatic heterocycles. The first-order valence-electron chi connectivity index (χ1n) is 9.66. The minimum atomic E-state index is 1.34. The maximum atomic E-state index is 2.40. The van der Waals surface area contributed by atoms with Gasteiger partial charge in [-0.2, -0.15) is 0 Å². The van der Waals surface area contributed by atoms with Crippen molar-refractivity contribution in [1.29, 1.82) is 0 Å². The summed E-state index contributed by atoms with van der Waals surface area (Å²) in [5, 5.41) is 9.08. The Labute approximate surface area is 180 Å². The number of aromatic nitrogens is 1. The van der Waals surface area contributed by atoms with Crippen molar-refractivity contribution in [2.75, 3.05) is 0 Å². The molecule has 4 heteroatoms. The van der Waals surface area contributed by atoms with E-state index in [1.165, 1.54) is 67.6 Å². The van der Waals surface area contributed by atoms with E-state index in [0.717, 1.165) is 0 Å². The van der Waals surface area contributed by atoms with Gasteiger partial charge in [-0.1, -0.05) is 30.0 Å². The van der Waals surface area contributed by atoms with Crippen molar-refractivity contribution in [3.05, 3.63) is 65.7 Å². The van der Waals surface area contributed by atoms with Crippen LogP contribution >= 0.6 is 34.4 Å². The molecule has 29 heavy (non-hydrogen) atoms. The lowest BCUT2D eigenvalue weighted by Gasteiger charge is -2.20. The third-order valence-corrected chi connectivity index (χ3v) is 9.65. The molecule has 0 fully saturated rings. The predicted molar refractivity (Wildman–Crippen MR) is 128 cm³/mol. The van der Waals surface area contributed by atoms with E-state index in [1.54, 1.807) is 0 Å². The fourth-order valence-electron chi connectivity index (χ4n) is 4.80. The van der Waals surface area contributed by atoms with E-state index in [4.69, 9.17) is 0 Å². The SMILES string of the molecule is Cc1c2c(cc3ccsc13)Sc1c3sc4ccccc4c3cc3cc[n+](C)c-2c13. The summed E-state index contributed by atoms with van der Waals surface area (Å²) in [6.45, 7) is 2.29. The highest BCUT2D eigenvalue weighted by Crippen LogP contribution is 2.54. The summed E-state index contributed by atoms with van der Waals surface area (Å²) in [4.78, 5) is 2.81. The molecular formula is C25H16NS3+. The number of rotatable bonds is 0. The molecule has 0 N–H and O–H groups in total. The van der Waals surface area contributed by atoms with Crippen LogP contribution in [0, 0.1) is 6.92 Å². The highest BCUT2D eigenvalue weighted by atomic mass is 32.2. The van der Waals surface area contributed by atoms with Gasteiger partial charge in [-0.25, -0.2) is 4.57 Å². The summed E-state index contributed by atoms with van der Waals surface area (Å²) < 4.78 is 6.52. The molecule has 0 aliphatic carbocycles. The highest BCUT2D eigenvalue weighted by molar-refractivity contribution is 8.00. The highest BCUT2D eigenvalue weighted by Gasteiger charge is 2.31. The predicted octanol–water partition coefficient (Wildman–Crippen LogP) is 7.69. The van der Waals surface area contributed by atoms with E-state index in [1.807, 2.05) is 34.4 Å². The van der Waals surface area contributed by atoms with Gasteiger partial charge in [0.1, 0.15) is 7.05 Å². The van der Waals surface area contributed by atoms with Gasteiger partial charge in [0.25, 0.3) is 0 Å². The topological polar surface area (TPSA) is 3.88 Å². The van der Waals surface area contributed by atoms with Crippen LogP contribution in [0.4, 0.5) is 0 Å². The van der Waals surface area contributed by atoms with Crippen LogP contribution in [-0.4, -0.2) is 0 Å². The molecule has 0 amide bonds. The standard InChI is InChI=1S/C25H16NS3/c1-13-20-19(12-15-8-10-27-23(13)15)29-25-21-14(7-9-26(2)22(20)21)11-17-16-5-3-4-6-18(16)28-24(17)25/h3-12H,1-2H3/q+1. The van der Waals surface area contributed by atoms with Crippen LogP contribution in [0.3, 0.4) is 0 Å². The molecule has 138 valence electrons. The minimum absolute atomic E-state index is 1.34. The van der Waals surface area contributed by atoms with Gasteiger partial charge < -0.3 is 0 Å². The van der Waals surface area contributed by atoms with Gasteiger partial charge >= 0.3 is 0 Å². The summed E-state index contributed by atoms with van der Waals surface area (Å²) in [5.41, 5.74) is 4.18. The van der Waals surface area contributed by atoms with Gasteiger partial charge in [0.05, 0.1) is 15.6 Å². The molecule has 1 nitrogen and oxygen atoms in total. The smallest absolute Gasteiger partial charge is 0.200 e. The fourth-order valence-corrected chi connectivity index (χ4v) is 8.35. The lowest BCUT2D eigenvalue weighted by Crippen LogP contribution is -2.31. The third-order valence-electron chi connectivity index (χ3n) is 6.12. The molecule has 1 aliphatic rings. The Kier molecular flexibility index (Phi) is 3.17. The molecule has 3 aromatic carbocycles. The molecule has 0 saturated heterocycles. The number of hydrogen-bond acceptors (Lipinski definition) is 3. The van der Waals surface area contributed by atoms with Crippen molar-refractivity contribution in [3.8, 4) is 11.3 Å². The Hall–Kier alpha value is -2.40. The molecule has 0 atom stereocenters. The molecule has 0 saturated carbocycles. The molecule has 6 aromatic rings. The number of hydrogen-bond donors (Lipinski definition) is 0. The number of thiophene rings is 2. The average Bonchev–Trinajstić information content (AvgIpc) is 3.35. The van der Waals surface area contributed by atoms with E-state index < -0.39 is 0 Å². The van der Waals surface area contributed by atoms with Gasteiger partial charge in [0, 0.05) is 36.0 Å². The average molecular weight is 427 g/mol. The van der Waals surface area contributed by atoms with Crippen molar-refractivity contribution in [1.82, 2.24) is 0 Å². The van der Waals surface area contributed by atoms with E-state index in [-0.39, 0.29) is 0 Å². The zero-order chi connectivity index (χ0) is 19.3. The van der Waals surface area contributed by atoms with Crippen LogP contribution in [-0.2, 0) is 7.05 Å². The van der Waals surface area contributed by atoms with Crippen LogP contribution in [0.25, 0.3) is 52.3 Å². The maximum absolute atomic E-state index is 2.40. The van der Waals surface area contributed by atoms with E-state index in [0.29, 0.717) is 0 Å². The molecule has 0 bridgehead atoms. The monoisotopic (exact) mass is 426 g/mol. The largest absolute Gasteiger partial charge is 0.222 e. The number of aryl methyl sites for hydroxylation is 2. The van der Waals surface area contributed by atoms with Crippen LogP contribution < -0.4 is 4.57 Å². The summed E-state index contributed by atoms with van der Waals surface area (Å²) in [7, 11) is 2.19. The van der Waals surface area contributed by atoms with Crippen molar-refractivity contribution >= 4 is 75.5 Å².